The number of hydrogen-bond donors (Lipinski definition) is 1. The minimum absolute atomic E-state index is 0.168. The lowest BCUT2D eigenvalue weighted by molar-refractivity contribution is -0.115. The van der Waals surface area contributed by atoms with Gasteiger partial charge in [0.05, 0.1) is 19.8 Å². The van der Waals surface area contributed by atoms with Gasteiger partial charge >= 0.3 is 0 Å². The van der Waals surface area contributed by atoms with Crippen LogP contribution in [-0.4, -0.2) is 25.7 Å². The van der Waals surface area contributed by atoms with Crippen LogP contribution in [0.2, 0.25) is 0 Å². The van der Waals surface area contributed by atoms with Crippen molar-refractivity contribution in [3.05, 3.63) is 19.1 Å². The van der Waals surface area contributed by atoms with Gasteiger partial charge < -0.3 is 19.5 Å². The van der Waals surface area contributed by atoms with E-state index in [4.69, 9.17) is 14.2 Å². The number of rotatable bonds is 8. The molecule has 1 radical (unpaired) electrons. The number of carbonyl (C=O) groups excluding carboxylic acids is 1. The third-order valence-electron chi connectivity index (χ3n) is 2.42. The standard InChI is InChI=1S/C15H22NO4/c1-5-14(17)16-11-9-12(18-6-2)15(20-8-4)13(10-11)19-7-3/h9-10H,1,5-8H2,2-4H3,(H,16,17). The molecule has 1 aromatic rings. The van der Waals surface area contributed by atoms with E-state index in [1.807, 2.05) is 20.8 Å². The molecule has 111 valence electrons. The van der Waals surface area contributed by atoms with Crippen LogP contribution in [-0.2, 0) is 4.79 Å². The molecule has 1 rings (SSSR count). The molecule has 0 aromatic heterocycles. The summed E-state index contributed by atoms with van der Waals surface area (Å²) in [6.45, 7) is 10.7. The lowest BCUT2D eigenvalue weighted by atomic mass is 10.2. The summed E-state index contributed by atoms with van der Waals surface area (Å²) in [4.78, 5) is 11.4. The van der Waals surface area contributed by atoms with Gasteiger partial charge in [-0.2, -0.15) is 0 Å². The van der Waals surface area contributed by atoms with Crippen molar-refractivity contribution in [2.75, 3.05) is 25.1 Å². The van der Waals surface area contributed by atoms with Gasteiger partial charge in [-0.05, 0) is 27.7 Å². The monoisotopic (exact) mass is 280 g/mol. The number of carbonyl (C=O) groups is 1. The molecule has 0 aliphatic carbocycles. The van der Waals surface area contributed by atoms with Crippen LogP contribution in [0.5, 0.6) is 17.2 Å². The molecule has 0 atom stereocenters. The number of nitrogens with one attached hydrogen (secondary N) is 1. The molecular weight excluding hydrogens is 258 g/mol. The fourth-order valence-corrected chi connectivity index (χ4v) is 1.68. The van der Waals surface area contributed by atoms with Crippen LogP contribution < -0.4 is 19.5 Å². The Morgan fingerprint density at radius 2 is 1.55 bits per heavy atom. The van der Waals surface area contributed by atoms with Crippen LogP contribution in [0, 0.1) is 6.92 Å². The zero-order valence-corrected chi connectivity index (χ0v) is 12.3. The van der Waals surface area contributed by atoms with Crippen LogP contribution in [0.3, 0.4) is 0 Å². The number of ether oxygens (including phenoxy) is 3. The van der Waals surface area contributed by atoms with E-state index in [-0.39, 0.29) is 12.3 Å². The first-order chi connectivity index (χ1) is 9.65. The molecule has 0 unspecified atom stereocenters. The van der Waals surface area contributed by atoms with Gasteiger partial charge in [0.25, 0.3) is 0 Å². The topological polar surface area (TPSA) is 56.8 Å². The zero-order valence-electron chi connectivity index (χ0n) is 12.3. The molecule has 0 aliphatic heterocycles. The van der Waals surface area contributed by atoms with E-state index in [9.17, 15) is 4.79 Å². The van der Waals surface area contributed by atoms with Gasteiger partial charge in [-0.25, -0.2) is 0 Å². The largest absolute Gasteiger partial charge is 0.490 e. The number of benzene rings is 1. The minimum Gasteiger partial charge on any atom is -0.490 e. The second-order valence-corrected chi connectivity index (χ2v) is 3.90. The average molecular weight is 280 g/mol. The van der Waals surface area contributed by atoms with Gasteiger partial charge in [0.15, 0.2) is 11.5 Å². The fourth-order valence-electron chi connectivity index (χ4n) is 1.68. The van der Waals surface area contributed by atoms with Gasteiger partial charge in [-0.3, -0.25) is 4.79 Å². The second-order valence-electron chi connectivity index (χ2n) is 3.90. The van der Waals surface area contributed by atoms with Crippen LogP contribution in [0.15, 0.2) is 12.1 Å². The highest BCUT2D eigenvalue weighted by atomic mass is 16.5. The summed E-state index contributed by atoms with van der Waals surface area (Å²) in [6, 6.07) is 3.45. The molecule has 0 bridgehead atoms. The molecule has 0 saturated carbocycles. The highest BCUT2D eigenvalue weighted by molar-refractivity contribution is 5.91. The van der Waals surface area contributed by atoms with E-state index in [0.717, 1.165) is 0 Å². The molecule has 0 saturated heterocycles. The normalized spacial score (nSPS) is 10.0. The van der Waals surface area contributed by atoms with E-state index in [1.54, 1.807) is 12.1 Å². The van der Waals surface area contributed by atoms with Crippen molar-refractivity contribution in [1.29, 1.82) is 0 Å². The van der Waals surface area contributed by atoms with Crippen molar-refractivity contribution in [2.24, 2.45) is 0 Å². The Labute approximate surface area is 120 Å². The molecule has 1 aromatic carbocycles. The van der Waals surface area contributed by atoms with Gasteiger partial charge in [0.1, 0.15) is 0 Å². The van der Waals surface area contributed by atoms with Crippen LogP contribution >= 0.6 is 0 Å². The van der Waals surface area contributed by atoms with E-state index < -0.39 is 0 Å². The molecule has 5 heteroatoms. The van der Waals surface area contributed by atoms with Crippen LogP contribution in [0.4, 0.5) is 5.69 Å². The Hall–Kier alpha value is -1.91. The maximum absolute atomic E-state index is 11.4. The second kappa shape index (κ2) is 8.30. The third-order valence-corrected chi connectivity index (χ3v) is 2.42. The highest BCUT2D eigenvalue weighted by Crippen LogP contribution is 2.40. The number of anilines is 1. The van der Waals surface area contributed by atoms with Crippen molar-refractivity contribution in [1.82, 2.24) is 0 Å². The van der Waals surface area contributed by atoms with Crippen molar-refractivity contribution >= 4 is 11.6 Å². The summed E-state index contributed by atoms with van der Waals surface area (Å²) in [7, 11) is 0. The van der Waals surface area contributed by atoms with Crippen LogP contribution in [0.25, 0.3) is 0 Å². The summed E-state index contributed by atoms with van der Waals surface area (Å²) in [5, 5.41) is 2.74. The lowest BCUT2D eigenvalue weighted by Crippen LogP contribution is -2.10. The summed E-state index contributed by atoms with van der Waals surface area (Å²) in [6.07, 6.45) is 0.168. The molecule has 0 spiro atoms. The highest BCUT2D eigenvalue weighted by Gasteiger charge is 2.15. The fraction of sp³-hybridized carbons (Fsp3) is 0.467. The SMILES string of the molecule is [CH2]CC(=O)Nc1cc(OCC)c(OCC)c(OCC)c1. The van der Waals surface area contributed by atoms with Gasteiger partial charge in [0.2, 0.25) is 11.7 Å². The Kier molecular flexibility index (Phi) is 6.70. The molecule has 20 heavy (non-hydrogen) atoms. The predicted octanol–water partition coefficient (Wildman–Crippen LogP) is 3.05. The Morgan fingerprint density at radius 1 is 1.05 bits per heavy atom. The summed E-state index contributed by atoms with van der Waals surface area (Å²) in [5.74, 6) is 1.50. The van der Waals surface area contributed by atoms with Crippen molar-refractivity contribution in [3.63, 3.8) is 0 Å². The van der Waals surface area contributed by atoms with E-state index in [0.29, 0.717) is 42.8 Å². The zero-order chi connectivity index (χ0) is 15.0. The quantitative estimate of drug-likeness (QED) is 0.795. The summed E-state index contributed by atoms with van der Waals surface area (Å²) in [5.41, 5.74) is 0.606. The van der Waals surface area contributed by atoms with Gasteiger partial charge in [0, 0.05) is 24.2 Å². The van der Waals surface area contributed by atoms with E-state index in [1.165, 1.54) is 0 Å². The minimum atomic E-state index is -0.168. The summed E-state index contributed by atoms with van der Waals surface area (Å²) >= 11 is 0. The first kappa shape index (κ1) is 16.1. The molecule has 5 nitrogen and oxygen atoms in total. The van der Waals surface area contributed by atoms with E-state index in [2.05, 4.69) is 12.2 Å². The van der Waals surface area contributed by atoms with Crippen molar-refractivity contribution in [3.8, 4) is 17.2 Å². The van der Waals surface area contributed by atoms with E-state index >= 15 is 0 Å². The molecule has 0 aliphatic rings. The third kappa shape index (κ3) is 4.33. The predicted molar refractivity (Wildman–Crippen MR) is 78.6 cm³/mol. The average Bonchev–Trinajstić information content (AvgIpc) is 2.43. The smallest absolute Gasteiger partial charge is 0.224 e. The first-order valence-corrected chi connectivity index (χ1v) is 6.81. The first-order valence-electron chi connectivity index (χ1n) is 6.81. The summed E-state index contributed by atoms with van der Waals surface area (Å²) < 4.78 is 16.7. The Balaban J connectivity index is 3.17. The molecule has 0 heterocycles. The molecule has 1 amide bonds. The van der Waals surface area contributed by atoms with Crippen molar-refractivity contribution < 1.29 is 19.0 Å². The van der Waals surface area contributed by atoms with Gasteiger partial charge in [-0.1, -0.05) is 0 Å². The Morgan fingerprint density at radius 3 is 1.95 bits per heavy atom. The number of amides is 1. The van der Waals surface area contributed by atoms with Crippen LogP contribution in [0.1, 0.15) is 27.2 Å². The lowest BCUT2D eigenvalue weighted by Gasteiger charge is -2.17. The molecule has 0 fully saturated rings. The van der Waals surface area contributed by atoms with Crippen molar-refractivity contribution in [2.45, 2.75) is 27.2 Å². The van der Waals surface area contributed by atoms with Gasteiger partial charge in [-0.15, -0.1) is 0 Å². The maximum Gasteiger partial charge on any atom is 0.224 e. The maximum atomic E-state index is 11.4. The Bertz CT molecular complexity index is 418. The molecule has 1 N–H and O–H groups in total. The molecular formula is C15H22NO4. The number of hydrogen-bond acceptors (Lipinski definition) is 4.